The predicted molar refractivity (Wildman–Crippen MR) is 206 cm³/mol. The molecule has 0 radical (unpaired) electrons. The lowest BCUT2D eigenvalue weighted by Crippen LogP contribution is -2.30. The molecule has 0 aliphatic rings. The molecule has 2 atom stereocenters. The molecule has 6 heteroatoms. The summed E-state index contributed by atoms with van der Waals surface area (Å²) in [6, 6.07) is 0. The summed E-state index contributed by atoms with van der Waals surface area (Å²) in [7, 11) is 0. The quantitative estimate of drug-likeness (QED) is 0.0364. The first-order valence-corrected chi connectivity index (χ1v) is 21.4. The van der Waals surface area contributed by atoms with Gasteiger partial charge < -0.3 is 14.2 Å². The van der Waals surface area contributed by atoms with E-state index in [2.05, 4.69) is 27.7 Å². The topological polar surface area (TPSA) is 78.9 Å². The second kappa shape index (κ2) is 37.7. The highest BCUT2D eigenvalue weighted by molar-refractivity contribution is 5.71. The van der Waals surface area contributed by atoms with Crippen LogP contribution in [0.25, 0.3) is 0 Å². The number of carbonyl (C=O) groups excluding carboxylic acids is 3. The first-order chi connectivity index (χ1) is 23.9. The van der Waals surface area contributed by atoms with Crippen molar-refractivity contribution in [1.29, 1.82) is 0 Å². The Morgan fingerprint density at radius 3 is 1.06 bits per heavy atom. The van der Waals surface area contributed by atoms with E-state index in [0.717, 1.165) is 70.1 Å². The third kappa shape index (κ3) is 36.0. The molecule has 0 aromatic rings. The SMILES string of the molecule is CCCCCCCCCCCCCCCCCCC(=O)OC[C@H](COC(=O)CCCCCCC)OC(=O)CCCCCCCCC(C)CC. The van der Waals surface area contributed by atoms with Gasteiger partial charge >= 0.3 is 17.9 Å². The second-order valence-electron chi connectivity index (χ2n) is 14.9. The minimum absolute atomic E-state index is 0.0661. The first kappa shape index (κ1) is 47.4. The van der Waals surface area contributed by atoms with Crippen molar-refractivity contribution >= 4 is 17.9 Å². The van der Waals surface area contributed by atoms with Gasteiger partial charge in [0, 0.05) is 19.3 Å². The summed E-state index contributed by atoms with van der Waals surface area (Å²) in [5, 5.41) is 0. The normalized spacial score (nSPS) is 12.5. The number of hydrogen-bond acceptors (Lipinski definition) is 6. The Morgan fingerprint density at radius 2 is 0.714 bits per heavy atom. The van der Waals surface area contributed by atoms with Gasteiger partial charge in [0.1, 0.15) is 13.2 Å². The molecule has 290 valence electrons. The molecule has 0 saturated heterocycles. The second-order valence-corrected chi connectivity index (χ2v) is 14.9. The van der Waals surface area contributed by atoms with E-state index in [9.17, 15) is 14.4 Å². The van der Waals surface area contributed by atoms with Gasteiger partial charge in [0.05, 0.1) is 0 Å². The van der Waals surface area contributed by atoms with Gasteiger partial charge in [0.15, 0.2) is 6.10 Å². The minimum Gasteiger partial charge on any atom is -0.462 e. The molecule has 0 heterocycles. The highest BCUT2D eigenvalue weighted by Crippen LogP contribution is 2.16. The summed E-state index contributed by atoms with van der Waals surface area (Å²) < 4.78 is 16.6. The van der Waals surface area contributed by atoms with Crippen molar-refractivity contribution in [3.8, 4) is 0 Å². The molecular formula is C43H82O6. The largest absolute Gasteiger partial charge is 0.462 e. The highest BCUT2D eigenvalue weighted by Gasteiger charge is 2.19. The van der Waals surface area contributed by atoms with Gasteiger partial charge in [-0.1, -0.05) is 195 Å². The van der Waals surface area contributed by atoms with Crippen LogP contribution in [-0.2, 0) is 28.6 Å². The van der Waals surface area contributed by atoms with E-state index in [1.807, 2.05) is 0 Å². The van der Waals surface area contributed by atoms with Gasteiger partial charge in [-0.15, -0.1) is 0 Å². The Balaban J connectivity index is 4.18. The van der Waals surface area contributed by atoms with Crippen LogP contribution in [0.1, 0.15) is 233 Å². The van der Waals surface area contributed by atoms with Gasteiger partial charge in [-0.3, -0.25) is 14.4 Å². The van der Waals surface area contributed by atoms with Crippen LogP contribution in [0.5, 0.6) is 0 Å². The predicted octanol–water partition coefficient (Wildman–Crippen LogP) is 13.2. The molecule has 0 rings (SSSR count). The number of rotatable bonds is 38. The van der Waals surface area contributed by atoms with Crippen LogP contribution >= 0.6 is 0 Å². The van der Waals surface area contributed by atoms with Gasteiger partial charge in [0.25, 0.3) is 0 Å². The molecule has 49 heavy (non-hydrogen) atoms. The van der Waals surface area contributed by atoms with Crippen molar-refractivity contribution in [2.75, 3.05) is 13.2 Å². The van der Waals surface area contributed by atoms with Gasteiger partial charge in [-0.2, -0.15) is 0 Å². The lowest BCUT2D eigenvalue weighted by atomic mass is 10.00. The molecule has 0 aliphatic carbocycles. The number of carbonyl (C=O) groups is 3. The molecule has 0 amide bonds. The Bertz CT molecular complexity index is 738. The van der Waals surface area contributed by atoms with Crippen LogP contribution < -0.4 is 0 Å². The summed E-state index contributed by atoms with van der Waals surface area (Å²) in [6.07, 6.45) is 35.5. The van der Waals surface area contributed by atoms with Crippen molar-refractivity contribution in [2.45, 2.75) is 239 Å². The molecule has 0 aromatic carbocycles. The van der Waals surface area contributed by atoms with Gasteiger partial charge in [-0.25, -0.2) is 0 Å². The van der Waals surface area contributed by atoms with Crippen LogP contribution in [0.3, 0.4) is 0 Å². The minimum atomic E-state index is -0.758. The third-order valence-electron chi connectivity index (χ3n) is 9.90. The lowest BCUT2D eigenvalue weighted by Gasteiger charge is -2.18. The van der Waals surface area contributed by atoms with Gasteiger partial charge in [-0.05, 0) is 25.2 Å². The zero-order valence-corrected chi connectivity index (χ0v) is 33.1. The number of hydrogen-bond donors (Lipinski definition) is 0. The summed E-state index contributed by atoms with van der Waals surface area (Å²) in [5.41, 5.74) is 0. The Hall–Kier alpha value is -1.59. The third-order valence-corrected chi connectivity index (χ3v) is 9.90. The Kier molecular flexibility index (Phi) is 36.4. The maximum absolute atomic E-state index is 12.6. The van der Waals surface area contributed by atoms with Gasteiger partial charge in [0.2, 0.25) is 0 Å². The fourth-order valence-corrected chi connectivity index (χ4v) is 6.24. The molecule has 0 N–H and O–H groups in total. The monoisotopic (exact) mass is 695 g/mol. The van der Waals surface area contributed by atoms with E-state index in [1.54, 1.807) is 0 Å². The van der Waals surface area contributed by atoms with E-state index in [-0.39, 0.29) is 31.1 Å². The maximum atomic E-state index is 12.6. The molecule has 1 unspecified atom stereocenters. The summed E-state index contributed by atoms with van der Waals surface area (Å²) >= 11 is 0. The molecule has 6 nitrogen and oxygen atoms in total. The fraction of sp³-hybridized carbons (Fsp3) is 0.930. The van der Waals surface area contributed by atoms with Crippen LogP contribution in [0, 0.1) is 5.92 Å². The fourth-order valence-electron chi connectivity index (χ4n) is 6.24. The van der Waals surface area contributed by atoms with E-state index in [4.69, 9.17) is 14.2 Å². The van der Waals surface area contributed by atoms with E-state index in [0.29, 0.717) is 19.3 Å². The smallest absolute Gasteiger partial charge is 0.306 e. The first-order valence-electron chi connectivity index (χ1n) is 21.4. The van der Waals surface area contributed by atoms with Crippen molar-refractivity contribution in [2.24, 2.45) is 5.92 Å². The van der Waals surface area contributed by atoms with E-state index in [1.165, 1.54) is 122 Å². The zero-order valence-electron chi connectivity index (χ0n) is 33.1. The lowest BCUT2D eigenvalue weighted by molar-refractivity contribution is -0.167. The maximum Gasteiger partial charge on any atom is 0.306 e. The molecule has 0 saturated carbocycles. The molecule has 0 aromatic heterocycles. The highest BCUT2D eigenvalue weighted by atomic mass is 16.6. The summed E-state index contributed by atoms with van der Waals surface area (Å²) in [5.74, 6) is -0.0653. The average molecular weight is 695 g/mol. The Labute approximate surface area is 304 Å². The summed E-state index contributed by atoms with van der Waals surface area (Å²) in [4.78, 5) is 37.3. The zero-order chi connectivity index (χ0) is 36.0. The number of esters is 3. The van der Waals surface area contributed by atoms with Crippen LogP contribution in [-0.4, -0.2) is 37.2 Å². The van der Waals surface area contributed by atoms with E-state index < -0.39 is 6.10 Å². The molecule has 0 bridgehead atoms. The summed E-state index contributed by atoms with van der Waals surface area (Å²) in [6.45, 7) is 8.87. The van der Waals surface area contributed by atoms with Crippen molar-refractivity contribution in [3.63, 3.8) is 0 Å². The van der Waals surface area contributed by atoms with Crippen LogP contribution in [0.15, 0.2) is 0 Å². The molecule has 0 spiro atoms. The molecule has 0 fully saturated rings. The van der Waals surface area contributed by atoms with Crippen LogP contribution in [0.2, 0.25) is 0 Å². The molecular weight excluding hydrogens is 612 g/mol. The molecule has 0 aliphatic heterocycles. The van der Waals surface area contributed by atoms with Crippen molar-refractivity contribution < 1.29 is 28.6 Å². The standard InChI is InChI=1S/C43H82O6/c1-5-8-10-12-13-14-15-16-17-18-19-20-21-22-27-31-35-42(45)48-38-40(37-47-41(44)34-30-25-11-9-6-2)49-43(46)36-32-28-24-23-26-29-33-39(4)7-3/h39-40H,5-38H2,1-4H3/t39?,40-/m0/s1. The number of unbranched alkanes of at least 4 members (excludes halogenated alkanes) is 24. The van der Waals surface area contributed by atoms with Crippen molar-refractivity contribution in [3.05, 3.63) is 0 Å². The van der Waals surface area contributed by atoms with Crippen molar-refractivity contribution in [1.82, 2.24) is 0 Å². The Morgan fingerprint density at radius 1 is 0.408 bits per heavy atom. The van der Waals surface area contributed by atoms with Crippen LogP contribution in [0.4, 0.5) is 0 Å². The van der Waals surface area contributed by atoms with E-state index >= 15 is 0 Å². The number of ether oxygens (including phenoxy) is 3. The average Bonchev–Trinajstić information content (AvgIpc) is 3.10.